The van der Waals surface area contributed by atoms with E-state index in [1.54, 1.807) is 0 Å². The minimum atomic E-state index is 0.0758. The standard InChI is InChI=1S/C11H21O.Pr/c1-2-3-4-7-11(10-12)8-5-6-9-11;/h10,12H,2-9H2,1H3;. The maximum atomic E-state index is 9.88. The maximum absolute atomic E-state index is 9.88. The molecule has 0 heterocycles. The van der Waals surface area contributed by atoms with Crippen molar-refractivity contribution >= 4 is 0 Å². The molecule has 1 fully saturated rings. The van der Waals surface area contributed by atoms with Gasteiger partial charge >= 0.3 is 110 Å². The summed E-state index contributed by atoms with van der Waals surface area (Å²) in [5.41, 5.74) is 0.375. The Bertz CT molecular complexity index is 139. The number of hydrogen-bond acceptors (Lipinski definition) is 1. The van der Waals surface area contributed by atoms with Gasteiger partial charge in [0.2, 0.25) is 0 Å². The predicted molar refractivity (Wildman–Crippen MR) is 51.0 cm³/mol. The summed E-state index contributed by atoms with van der Waals surface area (Å²) in [5.74, 6) is 0. The molecule has 1 aliphatic rings. The van der Waals surface area contributed by atoms with Crippen LogP contribution in [0.4, 0.5) is 0 Å². The SMILES string of the molecule is CCCCCC1([CH](O)[Pr])CCCC1. The molecule has 2 heteroatoms. The van der Waals surface area contributed by atoms with Crippen molar-refractivity contribution in [2.45, 2.75) is 60.0 Å². The topological polar surface area (TPSA) is 20.2 Å². The summed E-state index contributed by atoms with van der Waals surface area (Å²) in [6.45, 7) is 2.25. The molecule has 0 aromatic heterocycles. The Labute approximate surface area is 109 Å². The molecule has 1 N–H and O–H groups in total. The number of aliphatic hydroxyl groups is 1. The van der Waals surface area contributed by atoms with Gasteiger partial charge in [0.1, 0.15) is 0 Å². The van der Waals surface area contributed by atoms with E-state index in [1.165, 1.54) is 51.4 Å². The van der Waals surface area contributed by atoms with Gasteiger partial charge < -0.3 is 0 Å². The Balaban J connectivity index is 2.38. The van der Waals surface area contributed by atoms with Crippen LogP contribution in [0.15, 0.2) is 0 Å². The van der Waals surface area contributed by atoms with Crippen LogP contribution in [0.1, 0.15) is 58.3 Å². The van der Waals surface area contributed by atoms with Crippen molar-refractivity contribution in [1.29, 1.82) is 0 Å². The second-order valence-electron chi connectivity index (χ2n) is 4.47. The van der Waals surface area contributed by atoms with Crippen LogP contribution in [-0.2, 0) is 0 Å². The van der Waals surface area contributed by atoms with Crippen LogP contribution in [0.2, 0.25) is 0 Å². The number of hydrogen-bond donors (Lipinski definition) is 1. The molecule has 0 aromatic rings. The molecule has 0 spiro atoms. The van der Waals surface area contributed by atoms with Gasteiger partial charge in [-0.2, -0.15) is 0 Å². The van der Waals surface area contributed by atoms with Crippen LogP contribution in [-0.4, -0.2) is 6.79 Å². The summed E-state index contributed by atoms with van der Waals surface area (Å²) in [6, 6.07) is 0. The minimum absolute atomic E-state index is 0.0758. The summed E-state index contributed by atoms with van der Waals surface area (Å²) in [6.07, 6.45) is 10.6. The van der Waals surface area contributed by atoms with Gasteiger partial charge in [0.05, 0.1) is 0 Å². The van der Waals surface area contributed by atoms with Gasteiger partial charge in [-0.25, -0.2) is 0 Å². The zero-order valence-corrected chi connectivity index (χ0v) is 12.5. The summed E-state index contributed by atoms with van der Waals surface area (Å²) >= 11 is 0.754. The third-order valence-electron chi connectivity index (χ3n) is 3.50. The fraction of sp³-hybridized carbons (Fsp3) is 1.00. The van der Waals surface area contributed by atoms with E-state index in [0.717, 1.165) is 39.2 Å². The Morgan fingerprint density at radius 3 is 2.38 bits per heavy atom. The molecule has 1 unspecified atom stereocenters. The van der Waals surface area contributed by atoms with E-state index in [9.17, 15) is 5.11 Å². The zero-order chi connectivity index (χ0) is 9.73. The first-order chi connectivity index (χ1) is 6.21. The van der Waals surface area contributed by atoms with E-state index < -0.39 is 0 Å². The van der Waals surface area contributed by atoms with Gasteiger partial charge in [-0.15, -0.1) is 0 Å². The molecule has 13 heavy (non-hydrogen) atoms. The summed E-state index contributed by atoms with van der Waals surface area (Å²) < 4.78 is 0.0758. The molecule has 0 saturated heterocycles. The van der Waals surface area contributed by atoms with Gasteiger partial charge in [0, 0.05) is 0 Å². The average Bonchev–Trinajstić information content (AvgIpc) is 2.55. The summed E-state index contributed by atoms with van der Waals surface area (Å²) in [4.78, 5) is 0. The molecule has 1 saturated carbocycles. The van der Waals surface area contributed by atoms with Gasteiger partial charge in [-0.05, 0) is 0 Å². The fourth-order valence-corrected chi connectivity index (χ4v) is 4.10. The number of unbranched alkanes of at least 4 members (excludes halogenated alkanes) is 2. The van der Waals surface area contributed by atoms with Crippen molar-refractivity contribution in [2.75, 3.05) is 0 Å². The molecular formula is C11H21OPr. The number of aliphatic hydroxyl groups excluding tert-OH is 1. The average molecular weight is 310 g/mol. The van der Waals surface area contributed by atoms with Crippen molar-refractivity contribution < 1.29 is 44.3 Å². The molecule has 0 aliphatic heterocycles. The van der Waals surface area contributed by atoms with Crippen molar-refractivity contribution in [3.63, 3.8) is 0 Å². The third-order valence-corrected chi connectivity index (χ3v) is 5.77. The Kier molecular flexibility index (Phi) is 5.75. The molecule has 1 nitrogen and oxygen atoms in total. The molecule has 0 radical (unpaired) electrons. The second kappa shape index (κ2) is 6.03. The zero-order valence-electron chi connectivity index (χ0n) is 8.76. The molecule has 1 rings (SSSR count). The van der Waals surface area contributed by atoms with E-state index in [4.69, 9.17) is 0 Å². The predicted octanol–water partition coefficient (Wildman–Crippen LogP) is 2.99. The first kappa shape index (κ1) is 12.4. The van der Waals surface area contributed by atoms with Gasteiger partial charge in [-0.3, -0.25) is 0 Å². The normalized spacial score (nSPS) is 23.2. The first-order valence-electron chi connectivity index (χ1n) is 5.65. The van der Waals surface area contributed by atoms with E-state index in [1.807, 2.05) is 0 Å². The summed E-state index contributed by atoms with van der Waals surface area (Å²) in [7, 11) is 0. The van der Waals surface area contributed by atoms with Gasteiger partial charge in [0.15, 0.2) is 0 Å². The van der Waals surface area contributed by atoms with E-state index >= 15 is 0 Å². The molecule has 1 aliphatic carbocycles. The van der Waals surface area contributed by atoms with E-state index in [-0.39, 0.29) is 1.69 Å². The van der Waals surface area contributed by atoms with Crippen LogP contribution in [0.5, 0.6) is 0 Å². The second-order valence-corrected chi connectivity index (χ2v) is 6.50. The Morgan fingerprint density at radius 1 is 1.31 bits per heavy atom. The monoisotopic (exact) mass is 310 g/mol. The van der Waals surface area contributed by atoms with E-state index in [2.05, 4.69) is 6.92 Å². The van der Waals surface area contributed by atoms with Gasteiger partial charge in [0.25, 0.3) is 0 Å². The van der Waals surface area contributed by atoms with Crippen LogP contribution in [0, 0.1) is 44.6 Å². The molecule has 1 atom stereocenters. The van der Waals surface area contributed by atoms with Crippen molar-refractivity contribution in [2.24, 2.45) is 5.41 Å². The van der Waals surface area contributed by atoms with Gasteiger partial charge in [-0.1, -0.05) is 0 Å². The van der Waals surface area contributed by atoms with E-state index in [0.29, 0.717) is 5.41 Å². The van der Waals surface area contributed by atoms with Crippen molar-refractivity contribution in [1.82, 2.24) is 0 Å². The molecule has 0 aromatic carbocycles. The van der Waals surface area contributed by atoms with Crippen LogP contribution < -0.4 is 0 Å². The Hall–Kier alpha value is 1.32. The Morgan fingerprint density at radius 2 is 1.92 bits per heavy atom. The molecular weight excluding hydrogens is 289 g/mol. The van der Waals surface area contributed by atoms with Crippen molar-refractivity contribution in [3.05, 3.63) is 0 Å². The molecule has 0 amide bonds. The van der Waals surface area contributed by atoms with Crippen LogP contribution in [0.3, 0.4) is 0 Å². The summed E-state index contributed by atoms with van der Waals surface area (Å²) in [5, 5.41) is 9.88. The van der Waals surface area contributed by atoms with Crippen molar-refractivity contribution in [3.8, 4) is 0 Å². The number of rotatable bonds is 5. The first-order valence-corrected chi connectivity index (χ1v) is 7.79. The third kappa shape index (κ3) is 3.43. The van der Waals surface area contributed by atoms with Crippen LogP contribution >= 0.6 is 0 Å². The quantitative estimate of drug-likeness (QED) is 0.774. The molecule has 74 valence electrons. The fourth-order valence-electron chi connectivity index (χ4n) is 2.50. The van der Waals surface area contributed by atoms with Crippen LogP contribution in [0.25, 0.3) is 0 Å². The molecule has 0 bridgehead atoms.